The number of halogens is 3. The van der Waals surface area contributed by atoms with Crippen LogP contribution >= 0.6 is 23.1 Å². The molecule has 0 spiro atoms. The van der Waals surface area contributed by atoms with Crippen LogP contribution in [0.1, 0.15) is 21.5 Å². The van der Waals surface area contributed by atoms with Crippen molar-refractivity contribution in [3.05, 3.63) is 69.7 Å². The van der Waals surface area contributed by atoms with Gasteiger partial charge in [0.05, 0.1) is 10.6 Å². The molecule has 0 fully saturated rings. The Labute approximate surface area is 178 Å². The summed E-state index contributed by atoms with van der Waals surface area (Å²) in [7, 11) is 0. The molecule has 0 atom stereocenters. The smallest absolute Gasteiger partial charge is 0.417 e. The number of anilines is 1. The molecule has 3 aromatic rings. The third-order valence-corrected chi connectivity index (χ3v) is 5.08. The van der Waals surface area contributed by atoms with Gasteiger partial charge in [-0.1, -0.05) is 29.8 Å². The van der Waals surface area contributed by atoms with Crippen molar-refractivity contribution in [1.82, 2.24) is 4.37 Å². The number of ether oxygens (including phenoxy) is 2. The van der Waals surface area contributed by atoms with Crippen LogP contribution in [0.2, 0.25) is 5.02 Å². The molecule has 0 aliphatic carbocycles. The van der Waals surface area contributed by atoms with Gasteiger partial charge in [0, 0.05) is 0 Å². The van der Waals surface area contributed by atoms with Gasteiger partial charge in [0.1, 0.15) is 28.7 Å². The number of hydrogen-bond acceptors (Lipinski definition) is 6. The van der Waals surface area contributed by atoms with Crippen LogP contribution in [0.25, 0.3) is 0 Å². The molecule has 11 heteroatoms. The average molecular weight is 454 g/mol. The van der Waals surface area contributed by atoms with Crippen LogP contribution in [-0.2, 0) is 6.61 Å². The maximum atomic E-state index is 14.2. The molecular formula is C19H14ClF2N3O4S. The molecule has 156 valence electrons. The maximum absolute atomic E-state index is 14.2. The third-order valence-electron chi connectivity index (χ3n) is 3.87. The first-order chi connectivity index (χ1) is 14.3. The molecule has 2 aromatic carbocycles. The maximum Gasteiger partial charge on any atom is 0.417 e. The highest BCUT2D eigenvalue weighted by molar-refractivity contribution is 7.11. The summed E-state index contributed by atoms with van der Waals surface area (Å²) in [6.07, 6.45) is -0.888. The lowest BCUT2D eigenvalue weighted by molar-refractivity contribution is 0.0996. The van der Waals surface area contributed by atoms with Crippen LogP contribution in [0.3, 0.4) is 0 Å². The second-order valence-electron chi connectivity index (χ2n) is 5.95. The number of aromatic nitrogens is 1. The first-order valence-electron chi connectivity index (χ1n) is 8.37. The van der Waals surface area contributed by atoms with E-state index < -0.39 is 35.8 Å². The van der Waals surface area contributed by atoms with Crippen molar-refractivity contribution in [2.24, 2.45) is 5.73 Å². The minimum atomic E-state index is -0.977. The molecule has 0 aliphatic heterocycles. The number of nitrogens with one attached hydrogen (secondary N) is 1. The van der Waals surface area contributed by atoms with Crippen molar-refractivity contribution in [3.8, 4) is 11.6 Å². The van der Waals surface area contributed by atoms with Gasteiger partial charge in [-0.2, -0.15) is 4.37 Å². The fourth-order valence-electron chi connectivity index (χ4n) is 2.41. The molecule has 0 aliphatic rings. The summed E-state index contributed by atoms with van der Waals surface area (Å²) in [6.45, 7) is 0.854. The van der Waals surface area contributed by atoms with E-state index in [0.717, 1.165) is 6.07 Å². The van der Waals surface area contributed by atoms with E-state index in [-0.39, 0.29) is 32.8 Å². The van der Waals surface area contributed by atoms with Crippen LogP contribution in [-0.4, -0.2) is 16.4 Å². The quantitative estimate of drug-likeness (QED) is 0.528. The lowest BCUT2D eigenvalue weighted by atomic mass is 10.1. The highest BCUT2D eigenvalue weighted by Gasteiger charge is 2.24. The Morgan fingerprint density at radius 1 is 1.27 bits per heavy atom. The number of benzene rings is 2. The Kier molecular flexibility index (Phi) is 6.48. The SMILES string of the molecule is Cc1cc(F)c(COc2nsc(NC(=O)Oc3ccccc3)c2C(N)=O)c(F)c1Cl. The largest absolute Gasteiger partial charge is 0.471 e. The number of hydrogen-bond donors (Lipinski definition) is 2. The van der Waals surface area contributed by atoms with Crippen molar-refractivity contribution in [2.75, 3.05) is 5.32 Å². The number of para-hydroxylation sites is 1. The monoisotopic (exact) mass is 453 g/mol. The molecule has 0 radical (unpaired) electrons. The summed E-state index contributed by atoms with van der Waals surface area (Å²) in [6, 6.07) is 9.27. The summed E-state index contributed by atoms with van der Waals surface area (Å²) in [5, 5.41) is 2.06. The minimum absolute atomic E-state index is 0.0405. The highest BCUT2D eigenvalue weighted by Crippen LogP contribution is 2.32. The molecular weight excluding hydrogens is 440 g/mol. The molecule has 3 N–H and O–H groups in total. The van der Waals surface area contributed by atoms with E-state index in [1.165, 1.54) is 6.92 Å². The Bertz CT molecular complexity index is 1110. The van der Waals surface area contributed by atoms with Gasteiger partial charge >= 0.3 is 6.09 Å². The van der Waals surface area contributed by atoms with E-state index >= 15 is 0 Å². The van der Waals surface area contributed by atoms with Crippen LogP contribution in [0, 0.1) is 18.6 Å². The molecule has 1 aromatic heterocycles. The van der Waals surface area contributed by atoms with Gasteiger partial charge in [0.25, 0.3) is 5.91 Å². The number of carbonyl (C=O) groups is 2. The summed E-state index contributed by atoms with van der Waals surface area (Å²) in [5.41, 5.74) is 4.88. The van der Waals surface area contributed by atoms with E-state index in [1.54, 1.807) is 30.3 Å². The molecule has 2 amide bonds. The summed E-state index contributed by atoms with van der Waals surface area (Å²) >= 11 is 6.49. The highest BCUT2D eigenvalue weighted by atomic mass is 35.5. The number of primary amides is 1. The van der Waals surface area contributed by atoms with Crippen LogP contribution in [0.4, 0.5) is 18.6 Å². The molecule has 0 saturated heterocycles. The molecule has 1 heterocycles. The van der Waals surface area contributed by atoms with Crippen molar-refractivity contribution in [1.29, 1.82) is 0 Å². The fourth-order valence-corrected chi connectivity index (χ4v) is 3.31. The van der Waals surface area contributed by atoms with E-state index in [2.05, 4.69) is 9.69 Å². The number of rotatable bonds is 6. The second kappa shape index (κ2) is 9.06. The predicted octanol–water partition coefficient (Wildman–Crippen LogP) is 4.67. The Balaban J connectivity index is 1.77. The van der Waals surface area contributed by atoms with Gasteiger partial charge in [-0.05, 0) is 42.2 Å². The standard InChI is InChI=1S/C19H14ClF2N3O4S/c1-9-7-12(21)11(15(22)14(9)20)8-28-17-13(16(23)26)18(30-25-17)24-19(27)29-10-5-3-2-4-6-10/h2-7H,8H2,1H3,(H2,23,26)(H,24,27). The number of nitrogens with two attached hydrogens (primary N) is 1. The van der Waals surface area contributed by atoms with Gasteiger partial charge in [-0.15, -0.1) is 0 Å². The lowest BCUT2D eigenvalue weighted by Crippen LogP contribution is -2.20. The molecule has 0 bridgehead atoms. The normalized spacial score (nSPS) is 10.5. The van der Waals surface area contributed by atoms with Crippen molar-refractivity contribution >= 4 is 40.1 Å². The summed E-state index contributed by atoms with van der Waals surface area (Å²) in [4.78, 5) is 23.9. The van der Waals surface area contributed by atoms with E-state index in [4.69, 9.17) is 26.8 Å². The Morgan fingerprint density at radius 3 is 2.63 bits per heavy atom. The van der Waals surface area contributed by atoms with Gasteiger partial charge in [0.15, 0.2) is 5.82 Å². The first kappa shape index (κ1) is 21.5. The fraction of sp³-hybridized carbons (Fsp3) is 0.105. The van der Waals surface area contributed by atoms with Crippen LogP contribution in [0.15, 0.2) is 36.4 Å². The van der Waals surface area contributed by atoms with Gasteiger partial charge in [-0.25, -0.2) is 13.6 Å². The molecule has 7 nitrogen and oxygen atoms in total. The van der Waals surface area contributed by atoms with Gasteiger partial charge in [-0.3, -0.25) is 10.1 Å². The van der Waals surface area contributed by atoms with Crippen LogP contribution in [0.5, 0.6) is 11.6 Å². The van der Waals surface area contributed by atoms with Crippen molar-refractivity contribution in [2.45, 2.75) is 13.5 Å². The van der Waals surface area contributed by atoms with Gasteiger partial charge in [0.2, 0.25) is 5.88 Å². The van der Waals surface area contributed by atoms with Crippen molar-refractivity contribution < 1.29 is 27.8 Å². The number of nitrogens with zero attached hydrogens (tertiary/aromatic N) is 1. The Morgan fingerprint density at radius 2 is 1.97 bits per heavy atom. The minimum Gasteiger partial charge on any atom is -0.471 e. The Hall–Kier alpha value is -3.24. The van der Waals surface area contributed by atoms with Gasteiger partial charge < -0.3 is 15.2 Å². The van der Waals surface area contributed by atoms with E-state index in [1.807, 2.05) is 0 Å². The number of amides is 2. The number of aryl methyl sites for hydroxylation is 1. The molecule has 0 saturated carbocycles. The van der Waals surface area contributed by atoms with E-state index in [9.17, 15) is 18.4 Å². The zero-order valence-electron chi connectivity index (χ0n) is 15.4. The third kappa shape index (κ3) is 4.66. The second-order valence-corrected chi connectivity index (χ2v) is 7.11. The zero-order chi connectivity index (χ0) is 21.8. The van der Waals surface area contributed by atoms with E-state index in [0.29, 0.717) is 11.5 Å². The molecule has 30 heavy (non-hydrogen) atoms. The average Bonchev–Trinajstić information content (AvgIpc) is 3.09. The summed E-state index contributed by atoms with van der Waals surface area (Å²) < 4.78 is 42.6. The topological polar surface area (TPSA) is 104 Å². The predicted molar refractivity (Wildman–Crippen MR) is 107 cm³/mol. The van der Waals surface area contributed by atoms with Crippen LogP contribution < -0.4 is 20.5 Å². The van der Waals surface area contributed by atoms with Crippen molar-refractivity contribution in [3.63, 3.8) is 0 Å². The first-order valence-corrected chi connectivity index (χ1v) is 9.52. The molecule has 0 unspecified atom stereocenters. The summed E-state index contributed by atoms with van der Waals surface area (Å²) in [5.74, 6) is -2.82. The zero-order valence-corrected chi connectivity index (χ0v) is 16.9. The number of carbonyl (C=O) groups excluding carboxylic acids is 2. The molecule has 3 rings (SSSR count). The lowest BCUT2D eigenvalue weighted by Gasteiger charge is -2.10.